The lowest BCUT2D eigenvalue weighted by atomic mass is 9.84. The van der Waals surface area contributed by atoms with Gasteiger partial charge >= 0.3 is 0 Å². The molecule has 1 atom stereocenters. The Bertz CT molecular complexity index is 629. The van der Waals surface area contributed by atoms with E-state index in [2.05, 4.69) is 21.0 Å². The number of fused-ring (bicyclic) bond motifs is 1. The zero-order chi connectivity index (χ0) is 14.7. The molecule has 1 unspecified atom stereocenters. The van der Waals surface area contributed by atoms with Crippen molar-refractivity contribution in [3.8, 4) is 0 Å². The van der Waals surface area contributed by atoms with E-state index in [1.54, 1.807) is 0 Å². The summed E-state index contributed by atoms with van der Waals surface area (Å²) >= 11 is 0. The molecule has 5 nitrogen and oxygen atoms in total. The maximum absolute atomic E-state index is 5.93. The quantitative estimate of drug-likeness (QED) is 0.933. The Morgan fingerprint density at radius 3 is 3.14 bits per heavy atom. The molecule has 110 valence electrons. The van der Waals surface area contributed by atoms with Crippen LogP contribution in [0.5, 0.6) is 0 Å². The number of anilines is 1. The summed E-state index contributed by atoms with van der Waals surface area (Å²) in [6.45, 7) is 2.99. The Labute approximate surface area is 124 Å². The van der Waals surface area contributed by atoms with Gasteiger partial charge in [-0.3, -0.25) is 4.98 Å². The van der Waals surface area contributed by atoms with Crippen molar-refractivity contribution in [3.05, 3.63) is 47.2 Å². The van der Waals surface area contributed by atoms with Crippen LogP contribution < -0.4 is 5.73 Å². The van der Waals surface area contributed by atoms with Gasteiger partial charge in [0.2, 0.25) is 0 Å². The molecule has 0 saturated heterocycles. The van der Waals surface area contributed by atoms with E-state index in [0.29, 0.717) is 24.9 Å². The van der Waals surface area contributed by atoms with E-state index in [-0.39, 0.29) is 5.92 Å². The molecular formula is C16H20N4O. The van der Waals surface area contributed by atoms with Crippen LogP contribution in [-0.4, -0.2) is 21.6 Å². The number of hydrogen-bond acceptors (Lipinski definition) is 5. The van der Waals surface area contributed by atoms with Crippen LogP contribution in [-0.2, 0) is 17.8 Å². The van der Waals surface area contributed by atoms with Gasteiger partial charge in [-0.15, -0.1) is 0 Å². The molecule has 2 N–H and O–H groups in total. The molecule has 0 radical (unpaired) electrons. The van der Waals surface area contributed by atoms with Crippen LogP contribution in [0, 0.1) is 0 Å². The first-order valence-electron chi connectivity index (χ1n) is 7.42. The smallest absolute Gasteiger partial charge is 0.156 e. The second kappa shape index (κ2) is 6.18. The monoisotopic (exact) mass is 284 g/mol. The molecule has 2 aromatic heterocycles. The fraction of sp³-hybridized carbons (Fsp3) is 0.438. The lowest BCUT2D eigenvalue weighted by Crippen LogP contribution is -2.16. The van der Waals surface area contributed by atoms with E-state index < -0.39 is 0 Å². The zero-order valence-corrected chi connectivity index (χ0v) is 12.2. The van der Waals surface area contributed by atoms with Crippen molar-refractivity contribution in [2.75, 3.05) is 12.3 Å². The molecule has 21 heavy (non-hydrogen) atoms. The standard InChI is InChI=1S/C16H20N4O/c1-2-21-10-15-19-13(9-14(17)20-15)12-7-3-5-11-6-4-8-18-16(11)12/h4,6,8-9,12H,2-3,5,7,10H2,1H3,(H2,17,19,20). The molecule has 5 heteroatoms. The predicted octanol–water partition coefficient (Wildman–Crippen LogP) is 2.46. The van der Waals surface area contributed by atoms with Gasteiger partial charge in [0.15, 0.2) is 5.82 Å². The van der Waals surface area contributed by atoms with Crippen molar-refractivity contribution in [2.24, 2.45) is 0 Å². The summed E-state index contributed by atoms with van der Waals surface area (Å²) in [6, 6.07) is 6.01. The minimum absolute atomic E-state index is 0.209. The molecule has 0 spiro atoms. The summed E-state index contributed by atoms with van der Waals surface area (Å²) in [5, 5.41) is 0. The highest BCUT2D eigenvalue weighted by Gasteiger charge is 2.24. The van der Waals surface area contributed by atoms with Crippen LogP contribution in [0.25, 0.3) is 0 Å². The molecule has 0 aliphatic heterocycles. The highest BCUT2D eigenvalue weighted by molar-refractivity contribution is 5.37. The number of aryl methyl sites for hydroxylation is 1. The van der Waals surface area contributed by atoms with Crippen LogP contribution in [0.4, 0.5) is 5.82 Å². The number of aromatic nitrogens is 3. The Hall–Kier alpha value is -2.01. The van der Waals surface area contributed by atoms with Crippen molar-refractivity contribution in [1.82, 2.24) is 15.0 Å². The third kappa shape index (κ3) is 3.03. The van der Waals surface area contributed by atoms with E-state index in [0.717, 1.165) is 30.7 Å². The van der Waals surface area contributed by atoms with Gasteiger partial charge in [-0.1, -0.05) is 6.07 Å². The molecule has 3 rings (SSSR count). The third-order valence-electron chi connectivity index (χ3n) is 3.80. The molecule has 0 amide bonds. The van der Waals surface area contributed by atoms with E-state index in [1.165, 1.54) is 5.56 Å². The van der Waals surface area contributed by atoms with Crippen molar-refractivity contribution < 1.29 is 4.74 Å². The zero-order valence-electron chi connectivity index (χ0n) is 12.2. The molecule has 0 aromatic carbocycles. The van der Waals surface area contributed by atoms with Gasteiger partial charge in [-0.2, -0.15) is 0 Å². The third-order valence-corrected chi connectivity index (χ3v) is 3.80. The lowest BCUT2D eigenvalue weighted by Gasteiger charge is -2.24. The second-order valence-electron chi connectivity index (χ2n) is 5.26. The number of nitrogen functional groups attached to an aromatic ring is 1. The van der Waals surface area contributed by atoms with E-state index in [9.17, 15) is 0 Å². The lowest BCUT2D eigenvalue weighted by molar-refractivity contribution is 0.128. The van der Waals surface area contributed by atoms with Crippen molar-refractivity contribution in [1.29, 1.82) is 0 Å². The van der Waals surface area contributed by atoms with Crippen molar-refractivity contribution >= 4 is 5.82 Å². The van der Waals surface area contributed by atoms with Crippen molar-refractivity contribution in [3.63, 3.8) is 0 Å². The Balaban J connectivity index is 1.95. The Morgan fingerprint density at radius 1 is 1.38 bits per heavy atom. The van der Waals surface area contributed by atoms with Gasteiger partial charge in [0.05, 0.1) is 11.4 Å². The number of hydrogen-bond donors (Lipinski definition) is 1. The Kier molecular flexibility index (Phi) is 4.10. The number of pyridine rings is 1. The SMILES string of the molecule is CCOCc1nc(N)cc(C2CCCc3cccnc32)n1. The number of ether oxygens (including phenoxy) is 1. The van der Waals surface area contributed by atoms with Gasteiger partial charge < -0.3 is 10.5 Å². The van der Waals surface area contributed by atoms with Gasteiger partial charge in [-0.25, -0.2) is 9.97 Å². The van der Waals surface area contributed by atoms with E-state index >= 15 is 0 Å². The molecule has 2 heterocycles. The summed E-state index contributed by atoms with van der Waals surface area (Å²) < 4.78 is 5.39. The highest BCUT2D eigenvalue weighted by Crippen LogP contribution is 2.34. The topological polar surface area (TPSA) is 73.9 Å². The predicted molar refractivity (Wildman–Crippen MR) is 80.8 cm³/mol. The fourth-order valence-electron chi connectivity index (χ4n) is 2.87. The minimum Gasteiger partial charge on any atom is -0.384 e. The summed E-state index contributed by atoms with van der Waals surface area (Å²) in [4.78, 5) is 13.4. The summed E-state index contributed by atoms with van der Waals surface area (Å²) in [5.41, 5.74) is 9.33. The maximum atomic E-state index is 5.93. The number of nitrogens with zero attached hydrogens (tertiary/aromatic N) is 3. The van der Waals surface area contributed by atoms with Crippen LogP contribution in [0.2, 0.25) is 0 Å². The minimum atomic E-state index is 0.209. The number of rotatable bonds is 4. The fourth-order valence-corrected chi connectivity index (χ4v) is 2.87. The molecule has 1 aliphatic carbocycles. The van der Waals surface area contributed by atoms with Gasteiger partial charge in [0.1, 0.15) is 12.4 Å². The van der Waals surface area contributed by atoms with Crippen LogP contribution >= 0.6 is 0 Å². The van der Waals surface area contributed by atoms with Crippen LogP contribution in [0.15, 0.2) is 24.4 Å². The molecule has 2 aromatic rings. The Morgan fingerprint density at radius 2 is 2.29 bits per heavy atom. The van der Waals surface area contributed by atoms with Gasteiger partial charge in [-0.05, 0) is 37.8 Å². The van der Waals surface area contributed by atoms with Crippen LogP contribution in [0.1, 0.15) is 48.5 Å². The van der Waals surface area contributed by atoms with Crippen LogP contribution in [0.3, 0.4) is 0 Å². The molecule has 0 saturated carbocycles. The number of nitrogens with two attached hydrogens (primary N) is 1. The summed E-state index contributed by atoms with van der Waals surface area (Å²) in [7, 11) is 0. The van der Waals surface area contributed by atoms with E-state index in [1.807, 2.05) is 25.3 Å². The highest BCUT2D eigenvalue weighted by atomic mass is 16.5. The normalized spacial score (nSPS) is 17.5. The van der Waals surface area contributed by atoms with Gasteiger partial charge in [0.25, 0.3) is 0 Å². The maximum Gasteiger partial charge on any atom is 0.156 e. The second-order valence-corrected chi connectivity index (χ2v) is 5.26. The first-order valence-corrected chi connectivity index (χ1v) is 7.42. The van der Waals surface area contributed by atoms with Crippen molar-refractivity contribution in [2.45, 2.75) is 38.7 Å². The summed E-state index contributed by atoms with van der Waals surface area (Å²) in [6.07, 6.45) is 5.14. The largest absolute Gasteiger partial charge is 0.384 e. The molecule has 1 aliphatic rings. The molecular weight excluding hydrogens is 264 g/mol. The first kappa shape index (κ1) is 13.9. The average molecular weight is 284 g/mol. The average Bonchev–Trinajstić information content (AvgIpc) is 2.52. The molecule has 0 fully saturated rings. The summed E-state index contributed by atoms with van der Waals surface area (Å²) in [5.74, 6) is 1.35. The van der Waals surface area contributed by atoms with E-state index in [4.69, 9.17) is 10.5 Å². The molecule has 0 bridgehead atoms. The first-order chi connectivity index (χ1) is 10.3. The van der Waals surface area contributed by atoms with Gasteiger partial charge in [0, 0.05) is 24.8 Å².